The van der Waals surface area contributed by atoms with Gasteiger partial charge in [0, 0.05) is 11.1 Å². The molecule has 1 amide bonds. The Labute approximate surface area is 121 Å². The Morgan fingerprint density at radius 1 is 1.40 bits per heavy atom. The standard InChI is InChI=1S/C14H17ClF2N2O/c15-10-5-3-9(4-6-10)13(14(18)20)11-2-1-7-19(11)8-12(16)17/h3-6,11-13H,1-2,7-8H2,(H2,18,20)/t11-,13-/m0/s1. The average molecular weight is 303 g/mol. The van der Waals surface area contributed by atoms with Crippen LogP contribution < -0.4 is 5.73 Å². The van der Waals surface area contributed by atoms with Gasteiger partial charge in [0.15, 0.2) is 0 Å². The van der Waals surface area contributed by atoms with Crippen LogP contribution in [0.2, 0.25) is 5.02 Å². The number of rotatable bonds is 5. The van der Waals surface area contributed by atoms with E-state index in [-0.39, 0.29) is 12.6 Å². The minimum Gasteiger partial charge on any atom is -0.369 e. The van der Waals surface area contributed by atoms with E-state index >= 15 is 0 Å². The first-order chi connectivity index (χ1) is 9.49. The Morgan fingerprint density at radius 3 is 2.60 bits per heavy atom. The fourth-order valence-electron chi connectivity index (χ4n) is 2.88. The van der Waals surface area contributed by atoms with Gasteiger partial charge in [0.2, 0.25) is 5.91 Å². The van der Waals surface area contributed by atoms with Gasteiger partial charge in [-0.1, -0.05) is 23.7 Å². The number of carbonyl (C=O) groups is 1. The lowest BCUT2D eigenvalue weighted by Gasteiger charge is -2.30. The Balaban J connectivity index is 2.24. The number of halogens is 3. The lowest BCUT2D eigenvalue weighted by Crippen LogP contribution is -2.42. The molecule has 1 aliphatic heterocycles. The number of likely N-dealkylation sites (tertiary alicyclic amines) is 1. The Hall–Kier alpha value is -1.20. The van der Waals surface area contributed by atoms with E-state index in [0.717, 1.165) is 12.0 Å². The monoisotopic (exact) mass is 302 g/mol. The number of primary amides is 1. The molecule has 1 aromatic carbocycles. The normalized spacial score (nSPS) is 21.3. The van der Waals surface area contributed by atoms with Gasteiger partial charge >= 0.3 is 0 Å². The van der Waals surface area contributed by atoms with Crippen LogP contribution in [0.4, 0.5) is 8.78 Å². The van der Waals surface area contributed by atoms with Crippen molar-refractivity contribution in [3.8, 4) is 0 Å². The van der Waals surface area contributed by atoms with Gasteiger partial charge in [-0.3, -0.25) is 9.69 Å². The third-order valence-electron chi connectivity index (χ3n) is 3.71. The Kier molecular flexibility index (Phi) is 4.94. The van der Waals surface area contributed by atoms with Gasteiger partial charge in [-0.25, -0.2) is 8.78 Å². The van der Waals surface area contributed by atoms with Gasteiger partial charge in [0.05, 0.1) is 12.5 Å². The van der Waals surface area contributed by atoms with Crippen molar-refractivity contribution in [2.75, 3.05) is 13.1 Å². The van der Waals surface area contributed by atoms with Crippen LogP contribution in [-0.2, 0) is 4.79 Å². The summed E-state index contributed by atoms with van der Waals surface area (Å²) in [6.07, 6.45) is -0.910. The summed E-state index contributed by atoms with van der Waals surface area (Å²) in [5.41, 5.74) is 6.22. The molecule has 110 valence electrons. The lowest BCUT2D eigenvalue weighted by atomic mass is 9.89. The third-order valence-corrected chi connectivity index (χ3v) is 3.96. The smallest absolute Gasteiger partial charge is 0.251 e. The first kappa shape index (κ1) is 15.2. The van der Waals surface area contributed by atoms with Crippen molar-refractivity contribution in [2.45, 2.75) is 31.2 Å². The van der Waals surface area contributed by atoms with E-state index in [1.54, 1.807) is 29.2 Å². The maximum atomic E-state index is 12.6. The topological polar surface area (TPSA) is 46.3 Å². The van der Waals surface area contributed by atoms with Crippen LogP contribution >= 0.6 is 11.6 Å². The molecule has 2 N–H and O–H groups in total. The van der Waals surface area contributed by atoms with Crippen LogP contribution in [0.25, 0.3) is 0 Å². The molecule has 1 heterocycles. The Morgan fingerprint density at radius 2 is 2.05 bits per heavy atom. The number of amides is 1. The summed E-state index contributed by atoms with van der Waals surface area (Å²) in [4.78, 5) is 13.4. The van der Waals surface area contributed by atoms with Gasteiger partial charge in [-0.15, -0.1) is 0 Å². The van der Waals surface area contributed by atoms with E-state index in [1.807, 2.05) is 0 Å². The van der Waals surface area contributed by atoms with Crippen molar-refractivity contribution in [2.24, 2.45) is 5.73 Å². The molecule has 0 aromatic heterocycles. The summed E-state index contributed by atoms with van der Waals surface area (Å²) in [6, 6.07) is 6.56. The largest absolute Gasteiger partial charge is 0.369 e. The highest BCUT2D eigenvalue weighted by Gasteiger charge is 2.36. The fraction of sp³-hybridized carbons (Fsp3) is 0.500. The van der Waals surface area contributed by atoms with Crippen LogP contribution in [0.15, 0.2) is 24.3 Å². The van der Waals surface area contributed by atoms with Crippen molar-refractivity contribution >= 4 is 17.5 Å². The second-order valence-corrected chi connectivity index (χ2v) is 5.46. The summed E-state index contributed by atoms with van der Waals surface area (Å²) in [7, 11) is 0. The van der Waals surface area contributed by atoms with Crippen LogP contribution in [0.3, 0.4) is 0 Å². The minimum absolute atomic E-state index is 0.261. The van der Waals surface area contributed by atoms with E-state index in [4.69, 9.17) is 17.3 Å². The number of benzene rings is 1. The average Bonchev–Trinajstić information content (AvgIpc) is 2.79. The third kappa shape index (κ3) is 3.46. The molecule has 20 heavy (non-hydrogen) atoms. The molecule has 0 unspecified atom stereocenters. The molecule has 0 bridgehead atoms. The molecule has 1 fully saturated rings. The molecular weight excluding hydrogens is 286 g/mol. The predicted molar refractivity (Wildman–Crippen MR) is 74.0 cm³/mol. The van der Waals surface area contributed by atoms with Crippen molar-refractivity contribution in [3.63, 3.8) is 0 Å². The molecule has 0 spiro atoms. The van der Waals surface area contributed by atoms with Crippen LogP contribution in [0.1, 0.15) is 24.3 Å². The highest BCUT2D eigenvalue weighted by atomic mass is 35.5. The second-order valence-electron chi connectivity index (χ2n) is 5.03. The summed E-state index contributed by atoms with van der Waals surface area (Å²) < 4.78 is 25.2. The van der Waals surface area contributed by atoms with Gasteiger partial charge in [-0.2, -0.15) is 0 Å². The van der Waals surface area contributed by atoms with Gasteiger partial charge < -0.3 is 5.73 Å². The quantitative estimate of drug-likeness (QED) is 0.909. The van der Waals surface area contributed by atoms with Crippen molar-refractivity contribution < 1.29 is 13.6 Å². The van der Waals surface area contributed by atoms with Crippen LogP contribution in [0.5, 0.6) is 0 Å². The number of nitrogens with two attached hydrogens (primary N) is 1. The molecule has 1 aliphatic rings. The number of carbonyl (C=O) groups excluding carboxylic acids is 1. The van der Waals surface area contributed by atoms with Crippen molar-refractivity contribution in [1.82, 2.24) is 4.90 Å². The summed E-state index contributed by atoms with van der Waals surface area (Å²) in [5, 5.41) is 0.563. The molecule has 0 saturated carbocycles. The number of hydrogen-bond donors (Lipinski definition) is 1. The van der Waals surface area contributed by atoms with Crippen LogP contribution in [0, 0.1) is 0 Å². The molecule has 0 aliphatic carbocycles. The fourth-order valence-corrected chi connectivity index (χ4v) is 3.01. The maximum absolute atomic E-state index is 12.6. The van der Waals surface area contributed by atoms with E-state index < -0.39 is 18.3 Å². The van der Waals surface area contributed by atoms with Crippen LogP contribution in [-0.4, -0.2) is 36.4 Å². The first-order valence-corrected chi connectivity index (χ1v) is 6.94. The predicted octanol–water partition coefficient (Wildman–Crippen LogP) is 2.64. The number of alkyl halides is 2. The van der Waals surface area contributed by atoms with Crippen molar-refractivity contribution in [1.29, 1.82) is 0 Å². The zero-order valence-electron chi connectivity index (χ0n) is 10.9. The van der Waals surface area contributed by atoms with E-state index in [2.05, 4.69) is 0 Å². The van der Waals surface area contributed by atoms with Gasteiger partial charge in [0.1, 0.15) is 0 Å². The molecular formula is C14H17ClF2N2O. The number of hydrogen-bond acceptors (Lipinski definition) is 2. The summed E-state index contributed by atoms with van der Waals surface area (Å²) >= 11 is 5.83. The Bertz CT molecular complexity index is 467. The van der Waals surface area contributed by atoms with E-state index in [1.165, 1.54) is 0 Å². The SMILES string of the molecule is NC(=O)[C@@H](c1ccc(Cl)cc1)[C@@H]1CCCN1CC(F)F. The molecule has 2 atom stereocenters. The van der Waals surface area contributed by atoms with Crippen molar-refractivity contribution in [3.05, 3.63) is 34.9 Å². The lowest BCUT2D eigenvalue weighted by molar-refractivity contribution is -0.121. The minimum atomic E-state index is -2.41. The van der Waals surface area contributed by atoms with E-state index in [0.29, 0.717) is 18.0 Å². The molecule has 1 aromatic rings. The maximum Gasteiger partial charge on any atom is 0.251 e. The second kappa shape index (κ2) is 6.50. The molecule has 6 heteroatoms. The number of nitrogens with zero attached hydrogens (tertiary/aromatic N) is 1. The van der Waals surface area contributed by atoms with Gasteiger partial charge in [-0.05, 0) is 37.1 Å². The zero-order valence-corrected chi connectivity index (χ0v) is 11.7. The first-order valence-electron chi connectivity index (χ1n) is 6.56. The molecule has 2 rings (SSSR count). The summed E-state index contributed by atoms with van der Waals surface area (Å²) in [6.45, 7) is 0.258. The highest BCUT2D eigenvalue weighted by Crippen LogP contribution is 2.32. The molecule has 3 nitrogen and oxygen atoms in total. The molecule has 0 radical (unpaired) electrons. The van der Waals surface area contributed by atoms with E-state index in [9.17, 15) is 13.6 Å². The van der Waals surface area contributed by atoms with Gasteiger partial charge in [0.25, 0.3) is 6.43 Å². The highest BCUT2D eigenvalue weighted by molar-refractivity contribution is 6.30. The summed E-state index contributed by atoms with van der Waals surface area (Å²) in [5.74, 6) is -1.06. The zero-order chi connectivity index (χ0) is 14.7. The molecule has 1 saturated heterocycles.